The summed E-state index contributed by atoms with van der Waals surface area (Å²) in [7, 11) is -3.99. The molecule has 4 nitrogen and oxygen atoms in total. The van der Waals surface area contributed by atoms with Crippen LogP contribution in [0.4, 0.5) is 0 Å². The van der Waals surface area contributed by atoms with Gasteiger partial charge in [-0.15, -0.1) is 0 Å². The molecule has 0 heterocycles. The molecule has 0 bridgehead atoms. The lowest BCUT2D eigenvalue weighted by molar-refractivity contribution is -0.114. The fraction of sp³-hybridized carbons (Fsp3) is 0.0455. The van der Waals surface area contributed by atoms with Crippen molar-refractivity contribution in [3.05, 3.63) is 106 Å². The van der Waals surface area contributed by atoms with Gasteiger partial charge >= 0.3 is 0 Å². The molecular weight excluding hydrogens is 429 g/mol. The van der Waals surface area contributed by atoms with Gasteiger partial charge in [-0.05, 0) is 60.0 Å². The van der Waals surface area contributed by atoms with Gasteiger partial charge in [-0.2, -0.15) is 0 Å². The Morgan fingerprint density at radius 1 is 0.793 bits per heavy atom. The molecular formula is C22H17Cl2NO3S. The molecule has 0 spiro atoms. The molecule has 7 heteroatoms. The summed E-state index contributed by atoms with van der Waals surface area (Å²) in [6, 6.07) is 20.0. The van der Waals surface area contributed by atoms with E-state index >= 15 is 0 Å². The third kappa shape index (κ3) is 5.48. The van der Waals surface area contributed by atoms with Gasteiger partial charge < -0.3 is 0 Å². The molecule has 3 aromatic rings. The average Bonchev–Trinajstić information content (AvgIpc) is 2.68. The van der Waals surface area contributed by atoms with Crippen LogP contribution in [0.25, 0.3) is 5.57 Å². The lowest BCUT2D eigenvalue weighted by atomic mass is 9.97. The third-order valence-corrected chi connectivity index (χ3v) is 6.02. The summed E-state index contributed by atoms with van der Waals surface area (Å²) in [4.78, 5) is 12.6. The van der Waals surface area contributed by atoms with E-state index in [-0.39, 0.29) is 4.90 Å². The first kappa shape index (κ1) is 21.1. The van der Waals surface area contributed by atoms with Crippen LogP contribution in [0.3, 0.4) is 0 Å². The van der Waals surface area contributed by atoms with Crippen molar-refractivity contribution in [3.8, 4) is 0 Å². The highest BCUT2D eigenvalue weighted by Crippen LogP contribution is 2.26. The summed E-state index contributed by atoms with van der Waals surface area (Å²) >= 11 is 11.9. The second-order valence-electron chi connectivity index (χ2n) is 6.35. The molecule has 0 aromatic heterocycles. The van der Waals surface area contributed by atoms with Crippen molar-refractivity contribution in [2.75, 3.05) is 0 Å². The number of carbonyl (C=O) groups excluding carboxylic acids is 1. The van der Waals surface area contributed by atoms with Crippen LogP contribution in [0.2, 0.25) is 10.0 Å². The summed E-state index contributed by atoms with van der Waals surface area (Å²) in [5.74, 6) is -0.759. The number of benzene rings is 3. The number of amides is 1. The number of aryl methyl sites for hydroxylation is 1. The molecule has 0 aliphatic carbocycles. The van der Waals surface area contributed by atoms with Gasteiger partial charge in [0.1, 0.15) is 0 Å². The first-order valence-electron chi connectivity index (χ1n) is 8.62. The molecule has 0 fully saturated rings. The summed E-state index contributed by atoms with van der Waals surface area (Å²) in [5.41, 5.74) is 2.87. The zero-order chi connectivity index (χ0) is 21.0. The first-order chi connectivity index (χ1) is 13.7. The second kappa shape index (κ2) is 8.82. The second-order valence-corrected chi connectivity index (χ2v) is 8.91. The van der Waals surface area contributed by atoms with Gasteiger partial charge in [-0.3, -0.25) is 4.79 Å². The quantitative estimate of drug-likeness (QED) is 0.546. The van der Waals surface area contributed by atoms with Crippen LogP contribution in [0.1, 0.15) is 16.7 Å². The Bertz CT molecular complexity index is 1100. The number of halogens is 2. The Labute approximate surface area is 179 Å². The fourth-order valence-corrected chi connectivity index (χ4v) is 3.85. The zero-order valence-electron chi connectivity index (χ0n) is 15.4. The van der Waals surface area contributed by atoms with Gasteiger partial charge in [-0.25, -0.2) is 13.1 Å². The number of hydrogen-bond acceptors (Lipinski definition) is 3. The maximum atomic E-state index is 12.6. The summed E-state index contributed by atoms with van der Waals surface area (Å²) in [6.45, 7) is 1.85. The van der Waals surface area contributed by atoms with Crippen LogP contribution in [0, 0.1) is 6.92 Å². The van der Waals surface area contributed by atoms with Crippen LogP contribution >= 0.6 is 23.2 Å². The van der Waals surface area contributed by atoms with Gasteiger partial charge in [0.05, 0.1) is 4.90 Å². The van der Waals surface area contributed by atoms with Gasteiger partial charge in [0.2, 0.25) is 0 Å². The van der Waals surface area contributed by atoms with Crippen LogP contribution in [-0.4, -0.2) is 14.3 Å². The largest absolute Gasteiger partial charge is 0.269 e. The van der Waals surface area contributed by atoms with E-state index in [2.05, 4.69) is 4.72 Å². The lowest BCUT2D eigenvalue weighted by Gasteiger charge is -2.10. The molecule has 3 rings (SSSR count). The van der Waals surface area contributed by atoms with Crippen LogP contribution < -0.4 is 4.72 Å². The molecule has 0 saturated heterocycles. The summed E-state index contributed by atoms with van der Waals surface area (Å²) in [6.07, 6.45) is 1.25. The van der Waals surface area contributed by atoms with Crippen LogP contribution in [0.5, 0.6) is 0 Å². The van der Waals surface area contributed by atoms with E-state index < -0.39 is 15.9 Å². The summed E-state index contributed by atoms with van der Waals surface area (Å²) < 4.78 is 27.1. The molecule has 148 valence electrons. The van der Waals surface area contributed by atoms with Crippen molar-refractivity contribution in [3.63, 3.8) is 0 Å². The van der Waals surface area contributed by atoms with Gasteiger partial charge in [0.15, 0.2) is 0 Å². The highest BCUT2D eigenvalue weighted by Gasteiger charge is 2.17. The maximum absolute atomic E-state index is 12.6. The minimum atomic E-state index is -3.99. The van der Waals surface area contributed by atoms with E-state index in [0.717, 1.165) is 5.56 Å². The van der Waals surface area contributed by atoms with Crippen molar-refractivity contribution in [1.82, 2.24) is 4.72 Å². The molecule has 29 heavy (non-hydrogen) atoms. The molecule has 0 atom stereocenters. The van der Waals surface area contributed by atoms with Crippen molar-refractivity contribution < 1.29 is 13.2 Å². The van der Waals surface area contributed by atoms with Crippen LogP contribution in [-0.2, 0) is 14.8 Å². The number of hydrogen-bond donors (Lipinski definition) is 1. The normalized spacial score (nSPS) is 11.0. The Morgan fingerprint density at radius 2 is 1.24 bits per heavy atom. The zero-order valence-corrected chi connectivity index (χ0v) is 17.7. The summed E-state index contributed by atoms with van der Waals surface area (Å²) in [5, 5.41) is 1.10. The fourth-order valence-electron chi connectivity index (χ4n) is 2.66. The Morgan fingerprint density at radius 3 is 1.69 bits per heavy atom. The van der Waals surface area contributed by atoms with Crippen molar-refractivity contribution in [1.29, 1.82) is 0 Å². The van der Waals surface area contributed by atoms with Gasteiger partial charge in [0.25, 0.3) is 15.9 Å². The predicted molar refractivity (Wildman–Crippen MR) is 116 cm³/mol. The molecule has 0 saturated carbocycles. The van der Waals surface area contributed by atoms with E-state index in [4.69, 9.17) is 23.2 Å². The van der Waals surface area contributed by atoms with Crippen molar-refractivity contribution in [2.45, 2.75) is 11.8 Å². The Balaban J connectivity index is 1.96. The topological polar surface area (TPSA) is 63.2 Å². The number of carbonyl (C=O) groups is 1. The molecule has 3 aromatic carbocycles. The van der Waals surface area contributed by atoms with Crippen molar-refractivity contribution >= 4 is 44.7 Å². The monoisotopic (exact) mass is 445 g/mol. The number of rotatable bonds is 5. The molecule has 0 radical (unpaired) electrons. The minimum absolute atomic E-state index is 0.0179. The van der Waals surface area contributed by atoms with Gasteiger partial charge in [0, 0.05) is 16.1 Å². The number of sulfonamides is 1. The third-order valence-electron chi connectivity index (χ3n) is 4.15. The Hall–Kier alpha value is -2.60. The molecule has 0 unspecified atom stereocenters. The first-order valence-corrected chi connectivity index (χ1v) is 10.9. The SMILES string of the molecule is Cc1ccc(S(=O)(=O)NC(=O)C=C(c2ccc(Cl)cc2)c2ccc(Cl)cc2)cc1. The standard InChI is InChI=1S/C22H17Cl2NO3S/c1-15-2-12-20(13-3-15)29(27,28)25-22(26)14-21(16-4-8-18(23)9-5-16)17-6-10-19(24)11-7-17/h2-14H,1H3,(H,25,26). The number of nitrogens with one attached hydrogen (secondary N) is 1. The highest BCUT2D eigenvalue weighted by atomic mass is 35.5. The molecule has 0 aliphatic heterocycles. The van der Waals surface area contributed by atoms with Crippen molar-refractivity contribution in [2.24, 2.45) is 0 Å². The smallest absolute Gasteiger partial charge is 0.264 e. The van der Waals surface area contributed by atoms with Crippen LogP contribution in [0.15, 0.2) is 83.8 Å². The highest BCUT2D eigenvalue weighted by molar-refractivity contribution is 7.90. The molecule has 1 amide bonds. The lowest BCUT2D eigenvalue weighted by Crippen LogP contribution is -2.29. The average molecular weight is 446 g/mol. The maximum Gasteiger partial charge on any atom is 0.264 e. The van der Waals surface area contributed by atoms with Gasteiger partial charge in [-0.1, -0.05) is 65.2 Å². The van der Waals surface area contributed by atoms with E-state index in [1.165, 1.54) is 18.2 Å². The van der Waals surface area contributed by atoms with E-state index in [1.54, 1.807) is 60.7 Å². The predicted octanol–water partition coefficient (Wildman–Crippen LogP) is 5.24. The molecule has 0 aliphatic rings. The van der Waals surface area contributed by atoms with E-state index in [1.807, 2.05) is 6.92 Å². The van der Waals surface area contributed by atoms with E-state index in [9.17, 15) is 13.2 Å². The Kier molecular flexibility index (Phi) is 6.42. The molecule has 1 N–H and O–H groups in total. The minimum Gasteiger partial charge on any atom is -0.269 e. The van der Waals surface area contributed by atoms with E-state index in [0.29, 0.717) is 26.7 Å².